The van der Waals surface area contributed by atoms with E-state index in [1.807, 2.05) is 21.1 Å². The third kappa shape index (κ3) is 59.3. The molecule has 0 amide bonds. The zero-order chi connectivity index (χ0) is 54.8. The van der Waals surface area contributed by atoms with Crippen molar-refractivity contribution in [3.05, 3.63) is 24.3 Å². The van der Waals surface area contributed by atoms with E-state index in [-0.39, 0.29) is 32.2 Å². The van der Waals surface area contributed by atoms with Crippen LogP contribution >= 0.6 is 0 Å². The van der Waals surface area contributed by atoms with Crippen LogP contribution in [0.25, 0.3) is 0 Å². The van der Waals surface area contributed by atoms with Gasteiger partial charge in [0.15, 0.2) is 12.4 Å². The molecule has 0 rings (SSSR count). The van der Waals surface area contributed by atoms with Gasteiger partial charge in [-0.25, -0.2) is 0 Å². The van der Waals surface area contributed by atoms with E-state index in [1.165, 1.54) is 225 Å². The first kappa shape index (κ1) is 72.8. The van der Waals surface area contributed by atoms with E-state index in [2.05, 4.69) is 38.2 Å². The van der Waals surface area contributed by atoms with E-state index < -0.39 is 24.3 Å². The second-order valence-electron chi connectivity index (χ2n) is 23.4. The molecule has 0 aromatic heterocycles. The van der Waals surface area contributed by atoms with Crippen LogP contribution in [0.4, 0.5) is 0 Å². The normalized spacial score (nSPS) is 12.8. The highest BCUT2D eigenvalue weighted by Gasteiger charge is 2.22. The number of carbonyl (C=O) groups excluding carboxylic acids is 3. The van der Waals surface area contributed by atoms with Crippen LogP contribution in [0.1, 0.15) is 322 Å². The summed E-state index contributed by atoms with van der Waals surface area (Å²) in [6.45, 7) is 4.71. The molecule has 0 aromatic rings. The molecule has 0 saturated heterocycles. The third-order valence-electron chi connectivity index (χ3n) is 14.7. The number of nitrogens with zero attached hydrogens (tertiary/aromatic N) is 1. The summed E-state index contributed by atoms with van der Waals surface area (Å²) in [7, 11) is 5.92. The number of unbranched alkanes of at least 4 members (excludes halogenated alkanes) is 42. The number of quaternary nitrogens is 1. The molecule has 442 valence electrons. The SMILES string of the molecule is CCC/C=C\C/C=C\CCCCCCCC(=O)OC(COC(=O)CCCCCCCCCCCCCCCCCCCCCCCCCCCCCCCCCCCCCCC)COC(OCC[N+](C)(C)C)C(=O)[O-]. The number of aliphatic carboxylic acids is 1. The fourth-order valence-electron chi connectivity index (χ4n) is 9.70. The average Bonchev–Trinajstić information content (AvgIpc) is 3.38. The maximum Gasteiger partial charge on any atom is 0.306 e. The fraction of sp³-hybridized carbons (Fsp3) is 0.894. The lowest BCUT2D eigenvalue weighted by Gasteiger charge is -2.26. The highest BCUT2D eigenvalue weighted by molar-refractivity contribution is 5.70. The lowest BCUT2D eigenvalue weighted by atomic mass is 10.0. The minimum absolute atomic E-state index is 0.147. The molecule has 0 aliphatic carbocycles. The minimum Gasteiger partial charge on any atom is -0.545 e. The van der Waals surface area contributed by atoms with Crippen molar-refractivity contribution < 1.29 is 42.9 Å². The van der Waals surface area contributed by atoms with Gasteiger partial charge >= 0.3 is 11.9 Å². The molecule has 0 N–H and O–H groups in total. The number of rotatable bonds is 61. The summed E-state index contributed by atoms with van der Waals surface area (Å²) in [5, 5.41) is 11.8. The van der Waals surface area contributed by atoms with Crippen LogP contribution < -0.4 is 5.11 Å². The highest BCUT2D eigenvalue weighted by atomic mass is 16.7. The number of carboxylic acid groups (broad SMARTS) is 1. The quantitative estimate of drug-likeness (QED) is 0.0195. The fourth-order valence-corrected chi connectivity index (χ4v) is 9.70. The summed E-state index contributed by atoms with van der Waals surface area (Å²) in [4.78, 5) is 37.2. The predicted molar refractivity (Wildman–Crippen MR) is 316 cm³/mol. The van der Waals surface area contributed by atoms with Crippen LogP contribution in [0.15, 0.2) is 24.3 Å². The molecule has 2 atom stereocenters. The number of carbonyl (C=O) groups is 3. The van der Waals surface area contributed by atoms with Gasteiger partial charge in [-0.1, -0.05) is 295 Å². The van der Waals surface area contributed by atoms with Gasteiger partial charge in [0.05, 0.1) is 40.3 Å². The second kappa shape index (κ2) is 57.9. The number of likely N-dealkylation sites (N-methyl/N-ethyl adjacent to an activating group) is 1. The average molecular weight is 1060 g/mol. The number of hydrogen-bond donors (Lipinski definition) is 0. The molecule has 0 saturated carbocycles. The van der Waals surface area contributed by atoms with Crippen molar-refractivity contribution in [1.82, 2.24) is 0 Å². The molecule has 0 aliphatic heterocycles. The van der Waals surface area contributed by atoms with Crippen molar-refractivity contribution in [2.45, 2.75) is 334 Å². The molecule has 9 heteroatoms. The van der Waals surface area contributed by atoms with Gasteiger partial charge in [0.2, 0.25) is 0 Å². The van der Waals surface area contributed by atoms with Gasteiger partial charge in [0.1, 0.15) is 13.2 Å². The van der Waals surface area contributed by atoms with Gasteiger partial charge in [-0.15, -0.1) is 0 Å². The molecule has 9 nitrogen and oxygen atoms in total. The second-order valence-corrected chi connectivity index (χ2v) is 23.4. The van der Waals surface area contributed by atoms with Crippen molar-refractivity contribution in [3.8, 4) is 0 Å². The van der Waals surface area contributed by atoms with E-state index in [0.717, 1.165) is 64.2 Å². The Labute approximate surface area is 465 Å². The summed E-state index contributed by atoms with van der Waals surface area (Å²) < 4.78 is 22.7. The standard InChI is InChI=1S/C66H125NO8/c1-6-8-10-12-14-16-18-20-21-22-23-24-25-26-27-28-29-30-31-32-33-34-35-36-37-38-39-40-41-42-43-45-46-48-50-52-54-56-63(68)73-60-62(61-74-66(65(70)71)72-59-58-67(3,4)5)75-64(69)57-55-53-51-49-47-44-19-17-15-13-11-9-7-2/h11,13,17,19,62,66H,6-10,12,14-16,18,20-61H2,1-5H3/b13-11-,19-17-. The van der Waals surface area contributed by atoms with E-state index in [9.17, 15) is 19.5 Å². The summed E-state index contributed by atoms with van der Waals surface area (Å²) in [5.41, 5.74) is 0. The van der Waals surface area contributed by atoms with E-state index in [1.54, 1.807) is 0 Å². The number of carboxylic acids is 1. The van der Waals surface area contributed by atoms with E-state index in [0.29, 0.717) is 23.9 Å². The first-order chi connectivity index (χ1) is 36.6. The summed E-state index contributed by atoms with van der Waals surface area (Å²) in [6, 6.07) is 0. The molecule has 0 spiro atoms. The van der Waals surface area contributed by atoms with E-state index >= 15 is 0 Å². The summed E-state index contributed by atoms with van der Waals surface area (Å²) in [5.74, 6) is -2.29. The summed E-state index contributed by atoms with van der Waals surface area (Å²) >= 11 is 0. The first-order valence-electron chi connectivity index (χ1n) is 32.5. The molecule has 0 bridgehead atoms. The maximum absolute atomic E-state index is 12.8. The largest absolute Gasteiger partial charge is 0.545 e. The Morgan fingerprint density at radius 3 is 1.11 bits per heavy atom. The summed E-state index contributed by atoms with van der Waals surface area (Å²) in [6.07, 6.45) is 67.2. The van der Waals surface area contributed by atoms with Gasteiger partial charge in [0, 0.05) is 12.8 Å². The van der Waals surface area contributed by atoms with Crippen LogP contribution in [-0.2, 0) is 33.3 Å². The van der Waals surface area contributed by atoms with Gasteiger partial charge in [-0.2, -0.15) is 0 Å². The Kier molecular flexibility index (Phi) is 56.2. The number of hydrogen-bond acceptors (Lipinski definition) is 8. The van der Waals surface area contributed by atoms with Crippen molar-refractivity contribution in [1.29, 1.82) is 0 Å². The van der Waals surface area contributed by atoms with Crippen LogP contribution in [0.2, 0.25) is 0 Å². The highest BCUT2D eigenvalue weighted by Crippen LogP contribution is 2.19. The van der Waals surface area contributed by atoms with Crippen LogP contribution in [0.3, 0.4) is 0 Å². The van der Waals surface area contributed by atoms with Gasteiger partial charge < -0.3 is 33.3 Å². The Morgan fingerprint density at radius 2 is 0.747 bits per heavy atom. The molecular weight excluding hydrogens is 935 g/mol. The minimum atomic E-state index is -1.62. The Morgan fingerprint density at radius 1 is 0.400 bits per heavy atom. The lowest BCUT2D eigenvalue weighted by molar-refractivity contribution is -0.870. The molecule has 0 radical (unpaired) electrons. The Hall–Kier alpha value is -2.23. The Bertz CT molecular complexity index is 1280. The van der Waals surface area contributed by atoms with Crippen LogP contribution in [0, 0.1) is 0 Å². The maximum atomic E-state index is 12.8. The smallest absolute Gasteiger partial charge is 0.306 e. The molecule has 2 unspecified atom stereocenters. The van der Waals surface area contributed by atoms with Crippen molar-refractivity contribution in [3.63, 3.8) is 0 Å². The number of allylic oxidation sites excluding steroid dienone is 4. The van der Waals surface area contributed by atoms with Gasteiger partial charge in [-0.3, -0.25) is 9.59 Å². The molecular formula is C66H125NO8. The zero-order valence-electron chi connectivity index (χ0n) is 50.4. The lowest BCUT2D eigenvalue weighted by Crippen LogP contribution is -2.44. The Balaban J connectivity index is 3.90. The van der Waals surface area contributed by atoms with Gasteiger partial charge in [0.25, 0.3) is 0 Å². The molecule has 75 heavy (non-hydrogen) atoms. The monoisotopic (exact) mass is 1060 g/mol. The van der Waals surface area contributed by atoms with Gasteiger partial charge in [-0.05, 0) is 38.5 Å². The molecule has 0 aliphatic rings. The van der Waals surface area contributed by atoms with Crippen molar-refractivity contribution in [2.75, 3.05) is 47.5 Å². The number of esters is 2. The van der Waals surface area contributed by atoms with E-state index in [4.69, 9.17) is 18.9 Å². The first-order valence-corrected chi connectivity index (χ1v) is 32.5. The number of ether oxygens (including phenoxy) is 4. The molecule has 0 aromatic carbocycles. The zero-order valence-corrected chi connectivity index (χ0v) is 50.4. The topological polar surface area (TPSA) is 111 Å². The molecule has 0 heterocycles. The molecule has 0 fully saturated rings. The van der Waals surface area contributed by atoms with Crippen molar-refractivity contribution in [2.24, 2.45) is 0 Å². The predicted octanol–water partition coefficient (Wildman–Crippen LogP) is 18.1. The van der Waals surface area contributed by atoms with Crippen molar-refractivity contribution >= 4 is 17.9 Å². The van der Waals surface area contributed by atoms with Crippen LogP contribution in [-0.4, -0.2) is 82.3 Å². The third-order valence-corrected chi connectivity index (χ3v) is 14.7. The van der Waals surface area contributed by atoms with Crippen LogP contribution in [0.5, 0.6) is 0 Å².